The van der Waals surface area contributed by atoms with E-state index in [0.717, 1.165) is 16.8 Å². The van der Waals surface area contributed by atoms with Crippen LogP contribution in [-0.4, -0.2) is 22.7 Å². The van der Waals surface area contributed by atoms with E-state index in [2.05, 4.69) is 5.10 Å². The predicted molar refractivity (Wildman–Crippen MR) is 120 cm³/mol. The second-order valence-electron chi connectivity index (χ2n) is 6.80. The van der Waals surface area contributed by atoms with Crippen molar-refractivity contribution in [3.8, 4) is 11.5 Å². The predicted octanol–water partition coefficient (Wildman–Crippen LogP) is 5.83. The van der Waals surface area contributed by atoms with Crippen LogP contribution in [0.2, 0.25) is 10.0 Å². The van der Waals surface area contributed by atoms with E-state index in [4.69, 9.17) is 32.7 Å². The molecule has 1 heterocycles. The van der Waals surface area contributed by atoms with E-state index >= 15 is 0 Å². The Hall–Kier alpha value is -2.76. The Kier molecular flexibility index (Phi) is 6.85. The third kappa shape index (κ3) is 4.86. The van der Waals surface area contributed by atoms with Crippen LogP contribution in [0.25, 0.3) is 6.08 Å². The molecule has 0 N–H and O–H groups in total. The van der Waals surface area contributed by atoms with E-state index in [1.807, 2.05) is 39.1 Å². The zero-order valence-electron chi connectivity index (χ0n) is 17.2. The van der Waals surface area contributed by atoms with Gasteiger partial charge in [0.1, 0.15) is 18.1 Å². The van der Waals surface area contributed by atoms with Crippen LogP contribution in [0.4, 0.5) is 0 Å². The molecule has 0 fully saturated rings. The number of carbonyl (C=O) groups excluding carboxylic acids is 1. The first-order valence-corrected chi connectivity index (χ1v) is 10.0. The summed E-state index contributed by atoms with van der Waals surface area (Å²) in [7, 11) is 3.42. The van der Waals surface area contributed by atoms with E-state index in [1.54, 1.807) is 42.1 Å². The highest BCUT2D eigenvalue weighted by Crippen LogP contribution is 2.29. The number of methoxy groups -OCH3 is 1. The zero-order chi connectivity index (χ0) is 21.8. The minimum Gasteiger partial charge on any atom is -0.496 e. The van der Waals surface area contributed by atoms with Gasteiger partial charge in [-0.25, -0.2) is 0 Å². The maximum Gasteiger partial charge on any atom is 0.189 e. The minimum absolute atomic E-state index is 0.0836. The molecule has 0 saturated heterocycles. The molecule has 3 rings (SSSR count). The van der Waals surface area contributed by atoms with Gasteiger partial charge < -0.3 is 9.47 Å². The van der Waals surface area contributed by atoms with Gasteiger partial charge in [-0.1, -0.05) is 35.3 Å². The van der Waals surface area contributed by atoms with Crippen LogP contribution in [0.15, 0.2) is 42.5 Å². The third-order valence-electron chi connectivity index (χ3n) is 4.76. The lowest BCUT2D eigenvalue weighted by Crippen LogP contribution is -2.01. The second-order valence-corrected chi connectivity index (χ2v) is 7.65. The topological polar surface area (TPSA) is 53.3 Å². The lowest BCUT2D eigenvalue weighted by atomic mass is 10.1. The molecule has 0 aliphatic rings. The van der Waals surface area contributed by atoms with Gasteiger partial charge in [0.2, 0.25) is 0 Å². The molecule has 0 amide bonds. The Morgan fingerprint density at radius 1 is 1.13 bits per heavy atom. The van der Waals surface area contributed by atoms with Gasteiger partial charge in [0.15, 0.2) is 5.78 Å². The highest BCUT2D eigenvalue weighted by atomic mass is 35.5. The van der Waals surface area contributed by atoms with Gasteiger partial charge >= 0.3 is 0 Å². The molecule has 0 bridgehead atoms. The monoisotopic (exact) mass is 444 g/mol. The third-order valence-corrected chi connectivity index (χ3v) is 5.29. The van der Waals surface area contributed by atoms with Crippen molar-refractivity contribution in [1.29, 1.82) is 0 Å². The first-order chi connectivity index (χ1) is 14.3. The van der Waals surface area contributed by atoms with Crippen molar-refractivity contribution in [2.24, 2.45) is 7.05 Å². The lowest BCUT2D eigenvalue weighted by molar-refractivity contribution is 0.104. The maximum absolute atomic E-state index is 12.6. The van der Waals surface area contributed by atoms with E-state index in [9.17, 15) is 4.79 Å². The molecule has 0 saturated carbocycles. The number of aryl methyl sites for hydroxylation is 2. The summed E-state index contributed by atoms with van der Waals surface area (Å²) in [5, 5.41) is 5.28. The summed E-state index contributed by atoms with van der Waals surface area (Å²) in [4.78, 5) is 12.6. The first kappa shape index (κ1) is 21.9. The van der Waals surface area contributed by atoms with Crippen molar-refractivity contribution in [3.05, 3.63) is 80.6 Å². The number of ketones is 1. The molecule has 30 heavy (non-hydrogen) atoms. The Balaban J connectivity index is 1.79. The quantitative estimate of drug-likeness (QED) is 0.339. The number of hydrogen-bond acceptors (Lipinski definition) is 4. The highest BCUT2D eigenvalue weighted by molar-refractivity contribution is 6.35. The molecule has 2 aromatic carbocycles. The minimum atomic E-state index is -0.0836. The summed E-state index contributed by atoms with van der Waals surface area (Å²) in [5.41, 5.74) is 3.86. The van der Waals surface area contributed by atoms with Crippen LogP contribution in [-0.2, 0) is 13.7 Å². The van der Waals surface area contributed by atoms with E-state index in [1.165, 1.54) is 0 Å². The fraction of sp³-hybridized carbons (Fsp3) is 0.217. The largest absolute Gasteiger partial charge is 0.496 e. The Morgan fingerprint density at radius 2 is 1.87 bits per heavy atom. The van der Waals surface area contributed by atoms with E-state index < -0.39 is 0 Å². The molecule has 0 radical (unpaired) electrons. The fourth-order valence-electron chi connectivity index (χ4n) is 3.15. The van der Waals surface area contributed by atoms with Crippen LogP contribution in [0.3, 0.4) is 0 Å². The molecule has 0 aliphatic carbocycles. The number of aromatic nitrogens is 2. The van der Waals surface area contributed by atoms with Gasteiger partial charge in [0.25, 0.3) is 0 Å². The Morgan fingerprint density at radius 3 is 2.50 bits per heavy atom. The van der Waals surface area contributed by atoms with Crippen molar-refractivity contribution in [1.82, 2.24) is 9.78 Å². The van der Waals surface area contributed by atoms with Gasteiger partial charge in [0.05, 0.1) is 23.4 Å². The molecule has 5 nitrogen and oxygen atoms in total. The molecule has 0 unspecified atom stereocenters. The molecule has 0 aliphatic heterocycles. The average molecular weight is 445 g/mol. The summed E-state index contributed by atoms with van der Waals surface area (Å²) in [6, 6.07) is 10.7. The summed E-state index contributed by atoms with van der Waals surface area (Å²) in [6.07, 6.45) is 3.33. The number of carbonyl (C=O) groups is 1. The molecule has 0 spiro atoms. The van der Waals surface area contributed by atoms with Crippen LogP contribution in [0, 0.1) is 13.8 Å². The van der Waals surface area contributed by atoms with E-state index in [-0.39, 0.29) is 12.4 Å². The van der Waals surface area contributed by atoms with Gasteiger partial charge in [-0.3, -0.25) is 9.48 Å². The van der Waals surface area contributed by atoms with Gasteiger partial charge in [-0.2, -0.15) is 5.10 Å². The summed E-state index contributed by atoms with van der Waals surface area (Å²) in [6.45, 7) is 3.96. The fourth-order valence-corrected chi connectivity index (χ4v) is 3.61. The number of ether oxygens (including phenoxy) is 2. The van der Waals surface area contributed by atoms with Crippen molar-refractivity contribution in [3.63, 3.8) is 0 Å². The number of benzene rings is 2. The summed E-state index contributed by atoms with van der Waals surface area (Å²) in [5.74, 6) is 1.13. The number of hydrogen-bond donors (Lipinski definition) is 0. The molecular weight excluding hydrogens is 423 g/mol. The smallest absolute Gasteiger partial charge is 0.189 e. The Bertz CT molecular complexity index is 1120. The zero-order valence-corrected chi connectivity index (χ0v) is 18.7. The van der Waals surface area contributed by atoms with Gasteiger partial charge in [-0.15, -0.1) is 0 Å². The van der Waals surface area contributed by atoms with Crippen LogP contribution >= 0.6 is 23.2 Å². The van der Waals surface area contributed by atoms with Crippen molar-refractivity contribution in [2.45, 2.75) is 20.5 Å². The number of rotatable bonds is 7. The number of nitrogens with zero attached hydrogens (tertiary/aromatic N) is 2. The second kappa shape index (κ2) is 9.37. The normalized spacial score (nSPS) is 11.1. The molecular formula is C23H22Cl2N2O3. The van der Waals surface area contributed by atoms with Crippen LogP contribution in [0.1, 0.15) is 32.9 Å². The first-order valence-electron chi connectivity index (χ1n) is 9.27. The average Bonchev–Trinajstić information content (AvgIpc) is 2.97. The van der Waals surface area contributed by atoms with E-state index in [0.29, 0.717) is 32.8 Å². The number of allylic oxidation sites excluding steroid dienone is 1. The maximum atomic E-state index is 12.6. The van der Waals surface area contributed by atoms with Crippen LogP contribution in [0.5, 0.6) is 11.5 Å². The van der Waals surface area contributed by atoms with Crippen molar-refractivity contribution < 1.29 is 14.3 Å². The Labute approximate surface area is 185 Å². The highest BCUT2D eigenvalue weighted by Gasteiger charge is 2.15. The molecule has 3 aromatic rings. The molecule has 156 valence electrons. The lowest BCUT2D eigenvalue weighted by Gasteiger charge is -2.12. The molecule has 7 heteroatoms. The number of halogens is 2. The van der Waals surface area contributed by atoms with Crippen molar-refractivity contribution in [2.75, 3.05) is 7.11 Å². The van der Waals surface area contributed by atoms with Crippen LogP contribution < -0.4 is 9.47 Å². The van der Waals surface area contributed by atoms with Gasteiger partial charge in [-0.05, 0) is 55.8 Å². The van der Waals surface area contributed by atoms with Gasteiger partial charge in [0, 0.05) is 23.3 Å². The molecule has 1 aromatic heterocycles. The SMILES string of the molecule is COc1ccc(/C=C/C(=O)c2c(C)nn(C)c2C)cc1COc1ccc(Cl)cc1Cl. The standard InChI is InChI=1S/C23H22Cl2N2O3/c1-14-23(15(2)27(3)26-14)20(28)8-5-16-6-9-21(29-4)17(11-16)13-30-22-10-7-18(24)12-19(22)25/h5-12H,13H2,1-4H3/b8-5+. The summed E-state index contributed by atoms with van der Waals surface area (Å²) >= 11 is 12.1. The summed E-state index contributed by atoms with van der Waals surface area (Å²) < 4.78 is 13.0. The van der Waals surface area contributed by atoms with Crippen molar-refractivity contribution >= 4 is 35.1 Å². The molecule has 0 atom stereocenters.